The number of aromatic nitrogens is 1. The van der Waals surface area contributed by atoms with Crippen LogP contribution in [0.25, 0.3) is 0 Å². The van der Waals surface area contributed by atoms with Crippen LogP contribution in [-0.2, 0) is 16.0 Å². The molecule has 0 radical (unpaired) electrons. The van der Waals surface area contributed by atoms with Crippen molar-refractivity contribution in [3.63, 3.8) is 0 Å². The first-order chi connectivity index (χ1) is 14.5. The van der Waals surface area contributed by atoms with Gasteiger partial charge in [-0.25, -0.2) is 0 Å². The van der Waals surface area contributed by atoms with Crippen molar-refractivity contribution in [1.82, 2.24) is 20.3 Å². The van der Waals surface area contributed by atoms with Gasteiger partial charge in [0.1, 0.15) is 17.9 Å². The average molecular weight is 419 g/mol. The van der Waals surface area contributed by atoms with Crippen molar-refractivity contribution < 1.29 is 18.8 Å². The molecule has 1 saturated carbocycles. The third-order valence-electron chi connectivity index (χ3n) is 6.60. The number of ether oxygens (including phenoxy) is 1. The molecule has 1 unspecified atom stereocenters. The molecule has 1 N–H and O–H groups in total. The lowest BCUT2D eigenvalue weighted by atomic mass is 9.95. The molecule has 0 aromatic carbocycles. The van der Waals surface area contributed by atoms with Crippen molar-refractivity contribution in [3.8, 4) is 0 Å². The van der Waals surface area contributed by atoms with E-state index in [9.17, 15) is 9.59 Å². The summed E-state index contributed by atoms with van der Waals surface area (Å²) in [4.78, 5) is 29.5. The molecule has 2 aliphatic heterocycles. The zero-order chi connectivity index (χ0) is 21.1. The quantitative estimate of drug-likeness (QED) is 0.690. The topological polar surface area (TPSA) is 87.9 Å². The molecule has 3 aliphatic rings. The number of hydrogen-bond donors (Lipinski definition) is 1. The Bertz CT molecular complexity index is 752. The van der Waals surface area contributed by atoms with Gasteiger partial charge in [-0.15, -0.1) is 0 Å². The van der Waals surface area contributed by atoms with Crippen molar-refractivity contribution in [3.05, 3.63) is 17.0 Å². The molecule has 30 heavy (non-hydrogen) atoms. The monoisotopic (exact) mass is 418 g/mol. The largest absolute Gasteiger partial charge is 0.365 e. The minimum atomic E-state index is -0.194. The molecule has 2 saturated heterocycles. The maximum Gasteiger partial charge on any atom is 0.256 e. The van der Waals surface area contributed by atoms with Gasteiger partial charge in [0.05, 0.1) is 11.8 Å². The first-order valence-electron chi connectivity index (χ1n) is 11.4. The summed E-state index contributed by atoms with van der Waals surface area (Å²) in [6, 6.07) is 0. The number of nitrogens with zero attached hydrogens (tertiary/aromatic N) is 3. The molecule has 1 aliphatic carbocycles. The average Bonchev–Trinajstić information content (AvgIpc) is 3.48. The lowest BCUT2D eigenvalue weighted by Gasteiger charge is -2.38. The van der Waals surface area contributed by atoms with Gasteiger partial charge in [-0.05, 0) is 64.0 Å². The third kappa shape index (κ3) is 5.21. The highest BCUT2D eigenvalue weighted by molar-refractivity contribution is 5.96. The Labute approximate surface area is 178 Å². The van der Waals surface area contributed by atoms with Crippen LogP contribution in [0.3, 0.4) is 0 Å². The van der Waals surface area contributed by atoms with Crippen LogP contribution >= 0.6 is 0 Å². The second-order valence-electron chi connectivity index (χ2n) is 9.04. The smallest absolute Gasteiger partial charge is 0.256 e. The lowest BCUT2D eigenvalue weighted by Crippen LogP contribution is -2.52. The number of piperidine rings is 1. The number of carbonyl (C=O) groups is 2. The second kappa shape index (κ2) is 9.47. The molecule has 0 spiro atoms. The molecule has 3 fully saturated rings. The van der Waals surface area contributed by atoms with Crippen LogP contribution in [0.15, 0.2) is 4.52 Å². The number of aryl methyl sites for hydroxylation is 2. The van der Waals surface area contributed by atoms with Gasteiger partial charge in [0, 0.05) is 26.2 Å². The van der Waals surface area contributed by atoms with Crippen LogP contribution in [0, 0.1) is 18.8 Å². The Kier molecular flexibility index (Phi) is 6.73. The first-order valence-corrected chi connectivity index (χ1v) is 11.4. The fraction of sp³-hybridized carbons (Fsp3) is 0.773. The third-order valence-corrected chi connectivity index (χ3v) is 6.60. The van der Waals surface area contributed by atoms with Crippen molar-refractivity contribution >= 4 is 11.8 Å². The number of likely N-dealkylation sites (tertiary alicyclic amines) is 1. The van der Waals surface area contributed by atoms with Gasteiger partial charge in [0.15, 0.2) is 0 Å². The highest BCUT2D eigenvalue weighted by atomic mass is 16.5. The molecule has 3 heterocycles. The Hall–Kier alpha value is -1.93. The number of amides is 2. The standard InChI is InChI=1S/C22H34N4O4/c1-3-19-21(15(2)30-24-19)22(28)23-10-18-13-26(20(27)14-29-18)12-17-6-8-25(9-7-17)11-16-4-5-16/h16-18H,3-14H2,1-2H3,(H,23,28). The zero-order valence-corrected chi connectivity index (χ0v) is 18.2. The summed E-state index contributed by atoms with van der Waals surface area (Å²) in [6.45, 7) is 9.04. The van der Waals surface area contributed by atoms with Gasteiger partial charge >= 0.3 is 0 Å². The van der Waals surface area contributed by atoms with E-state index in [2.05, 4.69) is 15.4 Å². The molecule has 1 aromatic heterocycles. The number of nitrogens with one attached hydrogen (secondary N) is 1. The van der Waals surface area contributed by atoms with E-state index in [4.69, 9.17) is 9.26 Å². The van der Waals surface area contributed by atoms with Crippen molar-refractivity contribution in [2.45, 2.75) is 52.1 Å². The number of rotatable bonds is 8. The molecule has 8 heteroatoms. The van der Waals surface area contributed by atoms with Crippen LogP contribution in [0.1, 0.15) is 54.4 Å². The molecule has 1 atom stereocenters. The van der Waals surface area contributed by atoms with Gasteiger partial charge in [0.2, 0.25) is 5.91 Å². The van der Waals surface area contributed by atoms with Crippen LogP contribution < -0.4 is 5.32 Å². The molecule has 8 nitrogen and oxygen atoms in total. The minimum absolute atomic E-state index is 0.0566. The van der Waals surface area contributed by atoms with E-state index in [1.54, 1.807) is 6.92 Å². The van der Waals surface area contributed by atoms with Crippen LogP contribution in [-0.4, -0.2) is 78.8 Å². The highest BCUT2D eigenvalue weighted by Gasteiger charge is 2.31. The fourth-order valence-corrected chi connectivity index (χ4v) is 4.55. The summed E-state index contributed by atoms with van der Waals surface area (Å²) in [7, 11) is 0. The van der Waals surface area contributed by atoms with Gasteiger partial charge in [-0.3, -0.25) is 9.59 Å². The summed E-state index contributed by atoms with van der Waals surface area (Å²) in [6.07, 6.45) is 5.57. The maximum absolute atomic E-state index is 12.6. The SMILES string of the molecule is CCc1noc(C)c1C(=O)NCC1CN(CC2CCN(CC3CC3)CC2)C(=O)CO1. The predicted octanol–water partition coefficient (Wildman–Crippen LogP) is 1.62. The van der Waals surface area contributed by atoms with E-state index < -0.39 is 0 Å². The fourth-order valence-electron chi connectivity index (χ4n) is 4.55. The molecule has 0 bridgehead atoms. The molecule has 166 valence electrons. The Morgan fingerprint density at radius 3 is 2.60 bits per heavy atom. The Morgan fingerprint density at radius 1 is 1.17 bits per heavy atom. The summed E-state index contributed by atoms with van der Waals surface area (Å²) in [5, 5.41) is 6.87. The van der Waals surface area contributed by atoms with Crippen molar-refractivity contribution in [2.24, 2.45) is 11.8 Å². The number of morpholine rings is 1. The van der Waals surface area contributed by atoms with Crippen molar-refractivity contribution in [1.29, 1.82) is 0 Å². The van der Waals surface area contributed by atoms with Crippen LogP contribution in [0.2, 0.25) is 0 Å². The molecular formula is C22H34N4O4. The van der Waals surface area contributed by atoms with Crippen molar-refractivity contribution in [2.75, 3.05) is 45.9 Å². The molecule has 1 aromatic rings. The van der Waals surface area contributed by atoms with Gasteiger partial charge in [0.25, 0.3) is 5.91 Å². The van der Waals surface area contributed by atoms with Gasteiger partial charge < -0.3 is 24.4 Å². The number of carbonyl (C=O) groups excluding carboxylic acids is 2. The molecular weight excluding hydrogens is 384 g/mol. The van der Waals surface area contributed by atoms with E-state index in [1.165, 1.54) is 19.4 Å². The van der Waals surface area contributed by atoms with E-state index in [0.29, 0.717) is 42.4 Å². The van der Waals surface area contributed by atoms with Gasteiger partial charge in [-0.2, -0.15) is 0 Å². The van der Waals surface area contributed by atoms with E-state index in [-0.39, 0.29) is 24.5 Å². The normalized spacial score (nSPS) is 23.7. The van der Waals surface area contributed by atoms with E-state index in [0.717, 1.165) is 38.4 Å². The first kappa shape index (κ1) is 21.3. The summed E-state index contributed by atoms with van der Waals surface area (Å²) in [5.74, 6) is 1.89. The second-order valence-corrected chi connectivity index (χ2v) is 9.04. The van der Waals surface area contributed by atoms with Gasteiger partial charge in [-0.1, -0.05) is 12.1 Å². The Morgan fingerprint density at radius 2 is 1.90 bits per heavy atom. The van der Waals surface area contributed by atoms with Crippen LogP contribution in [0.4, 0.5) is 0 Å². The zero-order valence-electron chi connectivity index (χ0n) is 18.2. The summed E-state index contributed by atoms with van der Waals surface area (Å²) < 4.78 is 10.8. The molecule has 4 rings (SSSR count). The maximum atomic E-state index is 12.6. The summed E-state index contributed by atoms with van der Waals surface area (Å²) in [5.41, 5.74) is 1.18. The number of hydrogen-bond acceptors (Lipinski definition) is 6. The molecule has 2 amide bonds. The highest BCUT2D eigenvalue weighted by Crippen LogP contribution is 2.31. The predicted molar refractivity (Wildman–Crippen MR) is 111 cm³/mol. The lowest BCUT2D eigenvalue weighted by molar-refractivity contribution is -0.149. The van der Waals surface area contributed by atoms with E-state index in [1.807, 2.05) is 11.8 Å². The summed E-state index contributed by atoms with van der Waals surface area (Å²) >= 11 is 0. The van der Waals surface area contributed by atoms with E-state index >= 15 is 0 Å². The minimum Gasteiger partial charge on any atom is -0.365 e. The Balaban J connectivity index is 1.23. The van der Waals surface area contributed by atoms with Crippen LogP contribution in [0.5, 0.6) is 0 Å².